The Morgan fingerprint density at radius 3 is 2.96 bits per heavy atom. The van der Waals surface area contributed by atoms with Crippen molar-refractivity contribution in [3.8, 4) is 17.1 Å². The number of halogens is 1. The fourth-order valence-corrected chi connectivity index (χ4v) is 2.40. The lowest BCUT2D eigenvalue weighted by Crippen LogP contribution is -2.36. The third-order valence-corrected chi connectivity index (χ3v) is 3.87. The fourth-order valence-electron chi connectivity index (χ4n) is 2.40. The molecule has 0 unspecified atom stereocenters. The van der Waals surface area contributed by atoms with Crippen molar-refractivity contribution in [1.82, 2.24) is 4.98 Å². The van der Waals surface area contributed by atoms with Gasteiger partial charge in [-0.15, -0.1) is 0 Å². The molecule has 0 radical (unpaired) electrons. The van der Waals surface area contributed by atoms with Gasteiger partial charge in [-0.25, -0.2) is 9.37 Å². The highest BCUT2D eigenvalue weighted by Crippen LogP contribution is 2.35. The number of hydrogen-bond donors (Lipinski definition) is 2. The minimum Gasteiger partial charge on any atom is -0.496 e. The number of amides is 1. The zero-order chi connectivity index (χ0) is 16.4. The van der Waals surface area contributed by atoms with Crippen molar-refractivity contribution in [3.63, 3.8) is 0 Å². The summed E-state index contributed by atoms with van der Waals surface area (Å²) in [5.41, 5.74) is 6.29. The molecule has 2 aromatic rings. The molecule has 0 aliphatic heterocycles. The number of nitrogens with one attached hydrogen (secondary N) is 1. The average Bonchev–Trinajstić information content (AvgIpc) is 3.18. The van der Waals surface area contributed by atoms with Crippen LogP contribution in [0.25, 0.3) is 11.3 Å². The van der Waals surface area contributed by atoms with Gasteiger partial charge in [0.05, 0.1) is 30.6 Å². The van der Waals surface area contributed by atoms with Crippen LogP contribution in [0.3, 0.4) is 0 Å². The Morgan fingerprint density at radius 2 is 2.35 bits per heavy atom. The van der Waals surface area contributed by atoms with Crippen molar-refractivity contribution >= 4 is 11.6 Å². The van der Waals surface area contributed by atoms with Gasteiger partial charge in [0, 0.05) is 6.07 Å². The average molecular weight is 319 g/mol. The Morgan fingerprint density at radius 1 is 1.57 bits per heavy atom. The van der Waals surface area contributed by atoms with Crippen LogP contribution in [-0.2, 0) is 4.79 Å². The molecule has 6 nitrogen and oxygen atoms in total. The molecule has 3 rings (SSSR count). The van der Waals surface area contributed by atoms with E-state index in [4.69, 9.17) is 14.9 Å². The second kappa shape index (κ2) is 6.37. The summed E-state index contributed by atoms with van der Waals surface area (Å²) in [5, 5.41) is 2.53. The molecule has 0 bridgehead atoms. The third kappa shape index (κ3) is 3.50. The maximum Gasteiger partial charge on any atom is 0.241 e. The molecule has 1 fully saturated rings. The number of hydrogen-bond acceptors (Lipinski definition) is 5. The second-order valence-electron chi connectivity index (χ2n) is 5.67. The number of oxazole rings is 1. The van der Waals surface area contributed by atoms with E-state index in [0.717, 1.165) is 12.8 Å². The summed E-state index contributed by atoms with van der Waals surface area (Å²) in [6.07, 6.45) is 5.55. The molecule has 1 aliphatic carbocycles. The van der Waals surface area contributed by atoms with E-state index in [2.05, 4.69) is 10.3 Å². The summed E-state index contributed by atoms with van der Waals surface area (Å²) in [7, 11) is 1.46. The van der Waals surface area contributed by atoms with Crippen molar-refractivity contribution < 1.29 is 18.3 Å². The summed E-state index contributed by atoms with van der Waals surface area (Å²) in [6.45, 7) is 0. The molecule has 122 valence electrons. The molecule has 0 spiro atoms. The number of aromatic nitrogens is 1. The zero-order valence-corrected chi connectivity index (χ0v) is 12.7. The molecule has 1 aromatic heterocycles. The van der Waals surface area contributed by atoms with Crippen LogP contribution in [0, 0.1) is 11.7 Å². The molecule has 1 saturated carbocycles. The van der Waals surface area contributed by atoms with E-state index in [-0.39, 0.29) is 5.69 Å². The van der Waals surface area contributed by atoms with E-state index in [9.17, 15) is 9.18 Å². The lowest BCUT2D eigenvalue weighted by atomic mass is 10.1. The molecule has 3 N–H and O–H groups in total. The second-order valence-corrected chi connectivity index (χ2v) is 5.67. The Bertz CT molecular complexity index is 699. The minimum absolute atomic E-state index is 0.0290. The molecule has 23 heavy (non-hydrogen) atoms. The molecule has 0 saturated heterocycles. The highest BCUT2D eigenvalue weighted by atomic mass is 19.1. The van der Waals surface area contributed by atoms with Gasteiger partial charge in [-0.2, -0.15) is 0 Å². The van der Waals surface area contributed by atoms with Crippen LogP contribution in [-0.4, -0.2) is 24.0 Å². The van der Waals surface area contributed by atoms with Crippen molar-refractivity contribution in [2.45, 2.75) is 25.3 Å². The maximum atomic E-state index is 14.3. The number of ether oxygens (including phenoxy) is 1. The largest absolute Gasteiger partial charge is 0.496 e. The van der Waals surface area contributed by atoms with Gasteiger partial charge in [0.25, 0.3) is 0 Å². The Hall–Kier alpha value is -2.41. The first-order valence-electron chi connectivity index (χ1n) is 7.41. The molecular weight excluding hydrogens is 301 g/mol. The van der Waals surface area contributed by atoms with Crippen LogP contribution >= 0.6 is 0 Å². The smallest absolute Gasteiger partial charge is 0.241 e. The lowest BCUT2D eigenvalue weighted by molar-refractivity contribution is -0.117. The van der Waals surface area contributed by atoms with Gasteiger partial charge >= 0.3 is 0 Å². The van der Waals surface area contributed by atoms with Gasteiger partial charge in [-0.05, 0) is 18.4 Å². The summed E-state index contributed by atoms with van der Waals surface area (Å²) in [5.74, 6) is 0.275. The highest BCUT2D eigenvalue weighted by molar-refractivity contribution is 5.95. The summed E-state index contributed by atoms with van der Waals surface area (Å²) in [4.78, 5) is 15.9. The van der Waals surface area contributed by atoms with Crippen LogP contribution in [0.5, 0.6) is 5.75 Å². The fraction of sp³-hybridized carbons (Fsp3) is 0.375. The number of anilines is 1. The van der Waals surface area contributed by atoms with Gasteiger partial charge in [0.15, 0.2) is 12.2 Å². The normalized spacial score (nSPS) is 15.3. The van der Waals surface area contributed by atoms with E-state index in [1.165, 1.54) is 31.8 Å². The molecule has 1 aromatic carbocycles. The predicted molar refractivity (Wildman–Crippen MR) is 82.4 cm³/mol. The number of carbonyl (C=O) groups is 1. The third-order valence-electron chi connectivity index (χ3n) is 3.87. The van der Waals surface area contributed by atoms with Gasteiger partial charge in [0.2, 0.25) is 5.91 Å². The van der Waals surface area contributed by atoms with E-state index in [0.29, 0.717) is 29.4 Å². The number of nitrogens with zero attached hydrogens (tertiary/aromatic N) is 1. The summed E-state index contributed by atoms with van der Waals surface area (Å²) in [6, 6.07) is 2.01. The Balaban J connectivity index is 1.80. The molecule has 1 heterocycles. The lowest BCUT2D eigenvalue weighted by Gasteiger charge is -2.14. The number of nitrogens with two attached hydrogens (primary N) is 1. The Labute approximate surface area is 132 Å². The molecule has 1 aliphatic rings. The van der Waals surface area contributed by atoms with E-state index in [1.54, 1.807) is 0 Å². The van der Waals surface area contributed by atoms with Crippen molar-refractivity contribution in [1.29, 1.82) is 0 Å². The number of methoxy groups -OCH3 is 1. The SMILES string of the molecule is COc1cc(NC(=O)[C@H](N)CC2CC2)c(F)cc1-c1cnco1. The van der Waals surface area contributed by atoms with Crippen LogP contribution in [0.4, 0.5) is 10.1 Å². The topological polar surface area (TPSA) is 90.4 Å². The maximum absolute atomic E-state index is 14.3. The van der Waals surface area contributed by atoms with Crippen molar-refractivity contribution in [3.05, 3.63) is 30.5 Å². The van der Waals surface area contributed by atoms with Gasteiger partial charge in [-0.3, -0.25) is 4.79 Å². The molecule has 7 heteroatoms. The van der Waals surface area contributed by atoms with Crippen LogP contribution in [0.2, 0.25) is 0 Å². The van der Waals surface area contributed by atoms with Gasteiger partial charge in [0.1, 0.15) is 11.6 Å². The highest BCUT2D eigenvalue weighted by Gasteiger charge is 2.27. The van der Waals surface area contributed by atoms with Crippen molar-refractivity contribution in [2.24, 2.45) is 11.7 Å². The van der Waals surface area contributed by atoms with E-state index in [1.807, 2.05) is 0 Å². The van der Waals surface area contributed by atoms with Crippen LogP contribution in [0.1, 0.15) is 19.3 Å². The summed E-state index contributed by atoms with van der Waals surface area (Å²) < 4.78 is 24.7. The van der Waals surface area contributed by atoms with Gasteiger partial charge < -0.3 is 20.2 Å². The first-order chi connectivity index (χ1) is 11.1. The van der Waals surface area contributed by atoms with Crippen LogP contribution in [0.15, 0.2) is 29.1 Å². The van der Waals surface area contributed by atoms with Crippen molar-refractivity contribution in [2.75, 3.05) is 12.4 Å². The van der Waals surface area contributed by atoms with E-state index < -0.39 is 17.8 Å². The predicted octanol–water partition coefficient (Wildman–Crippen LogP) is 2.56. The number of benzene rings is 1. The summed E-state index contributed by atoms with van der Waals surface area (Å²) >= 11 is 0. The monoisotopic (exact) mass is 319 g/mol. The minimum atomic E-state index is -0.637. The van der Waals surface area contributed by atoms with Gasteiger partial charge in [-0.1, -0.05) is 12.8 Å². The molecule has 1 amide bonds. The number of rotatable bonds is 6. The number of carbonyl (C=O) groups excluding carboxylic acids is 1. The first-order valence-corrected chi connectivity index (χ1v) is 7.41. The molecular formula is C16H18FN3O3. The van der Waals surface area contributed by atoms with E-state index >= 15 is 0 Å². The Kier molecular flexibility index (Phi) is 4.29. The molecule has 1 atom stereocenters. The zero-order valence-electron chi connectivity index (χ0n) is 12.7. The quantitative estimate of drug-likeness (QED) is 0.854. The van der Waals surface area contributed by atoms with Crippen LogP contribution < -0.4 is 15.8 Å². The standard InChI is InChI=1S/C16H18FN3O3/c1-22-14-6-13(20-16(21)12(18)4-9-2-3-9)11(17)5-10(14)15-7-19-8-23-15/h5-9,12H,2-4,18H2,1H3,(H,20,21)/t12-/m1/s1. The first kappa shape index (κ1) is 15.5.